The van der Waals surface area contributed by atoms with Crippen molar-refractivity contribution in [3.8, 4) is 0 Å². The molecule has 1 heterocycles. The lowest BCUT2D eigenvalue weighted by Gasteiger charge is -2.56. The normalized spacial score (nSPS) is 43.3. The molecular formula is C19H31NO2. The van der Waals surface area contributed by atoms with Gasteiger partial charge in [-0.3, -0.25) is 4.79 Å². The van der Waals surface area contributed by atoms with E-state index in [1.807, 2.05) is 11.9 Å². The van der Waals surface area contributed by atoms with Crippen LogP contribution in [0.15, 0.2) is 0 Å². The third-order valence-electron chi connectivity index (χ3n) is 6.90. The Hall–Kier alpha value is -0.570. The van der Waals surface area contributed by atoms with E-state index in [1.165, 1.54) is 57.8 Å². The van der Waals surface area contributed by atoms with Crippen LogP contribution >= 0.6 is 0 Å². The van der Waals surface area contributed by atoms with E-state index in [9.17, 15) is 4.79 Å². The van der Waals surface area contributed by atoms with Gasteiger partial charge in [-0.05, 0) is 82.0 Å². The lowest BCUT2D eigenvalue weighted by molar-refractivity contribution is -0.156. The number of ether oxygens (including phenoxy) is 1. The molecule has 0 aromatic carbocycles. The molecule has 0 aromatic heterocycles. The molecule has 5 rings (SSSR count). The number of rotatable bonds is 4. The van der Waals surface area contributed by atoms with E-state index in [2.05, 4.69) is 0 Å². The number of carbonyl (C=O) groups is 1. The van der Waals surface area contributed by atoms with Crippen LogP contribution in [0.3, 0.4) is 0 Å². The molecule has 4 saturated carbocycles. The third kappa shape index (κ3) is 2.70. The first-order valence-corrected chi connectivity index (χ1v) is 9.52. The Morgan fingerprint density at radius 2 is 1.73 bits per heavy atom. The van der Waals surface area contributed by atoms with Gasteiger partial charge in [0.2, 0.25) is 5.91 Å². The molecule has 1 amide bonds. The quantitative estimate of drug-likeness (QED) is 0.794. The molecule has 5 aliphatic rings. The topological polar surface area (TPSA) is 29.5 Å². The predicted octanol–water partition coefficient (Wildman–Crippen LogP) is 3.62. The zero-order valence-electron chi connectivity index (χ0n) is 14.1. The number of hydrogen-bond donors (Lipinski definition) is 0. The van der Waals surface area contributed by atoms with E-state index in [0.29, 0.717) is 12.0 Å². The van der Waals surface area contributed by atoms with Crippen molar-refractivity contribution in [3.63, 3.8) is 0 Å². The minimum absolute atomic E-state index is 0.0247. The summed E-state index contributed by atoms with van der Waals surface area (Å²) in [5, 5.41) is 0. The standard InChI is InChI=1S/C19H31NO2/c1-20(6-5-17-4-2-3-7-22-17)18(21)19-11-14-8-15(12-19)10-16(9-14)13-19/h14-17H,2-13H2,1H3. The van der Waals surface area contributed by atoms with Crippen molar-refractivity contribution in [2.75, 3.05) is 20.2 Å². The first kappa shape index (κ1) is 15.0. The second kappa shape index (κ2) is 5.81. The fraction of sp³-hybridized carbons (Fsp3) is 0.947. The van der Waals surface area contributed by atoms with Crippen molar-refractivity contribution in [1.82, 2.24) is 4.90 Å². The van der Waals surface area contributed by atoms with E-state index < -0.39 is 0 Å². The first-order valence-electron chi connectivity index (χ1n) is 9.52. The summed E-state index contributed by atoms with van der Waals surface area (Å²) in [6.45, 7) is 1.79. The van der Waals surface area contributed by atoms with E-state index in [4.69, 9.17) is 4.74 Å². The van der Waals surface area contributed by atoms with Crippen molar-refractivity contribution >= 4 is 5.91 Å². The van der Waals surface area contributed by atoms with Crippen molar-refractivity contribution in [3.05, 3.63) is 0 Å². The van der Waals surface area contributed by atoms with Gasteiger partial charge in [0.1, 0.15) is 0 Å². The molecule has 124 valence electrons. The number of nitrogens with zero attached hydrogens (tertiary/aromatic N) is 1. The Balaban J connectivity index is 1.36. The molecule has 0 aromatic rings. The van der Waals surface area contributed by atoms with Crippen LogP contribution in [0.1, 0.15) is 64.2 Å². The van der Waals surface area contributed by atoms with E-state index >= 15 is 0 Å². The number of amides is 1. The van der Waals surface area contributed by atoms with Gasteiger partial charge in [0.25, 0.3) is 0 Å². The highest BCUT2D eigenvalue weighted by Gasteiger charge is 2.55. The molecule has 22 heavy (non-hydrogen) atoms. The van der Waals surface area contributed by atoms with Gasteiger partial charge in [-0.1, -0.05) is 0 Å². The summed E-state index contributed by atoms with van der Waals surface area (Å²) >= 11 is 0. The summed E-state index contributed by atoms with van der Waals surface area (Å²) in [4.78, 5) is 15.2. The zero-order chi connectivity index (χ0) is 15.2. The Bertz CT molecular complexity index is 392. The van der Waals surface area contributed by atoms with Gasteiger partial charge >= 0.3 is 0 Å². The highest BCUT2D eigenvalue weighted by Crippen LogP contribution is 2.60. The summed E-state index contributed by atoms with van der Waals surface area (Å²) in [5.41, 5.74) is 0.0247. The average Bonchev–Trinajstić information content (AvgIpc) is 2.51. The molecule has 4 aliphatic carbocycles. The van der Waals surface area contributed by atoms with Crippen LogP contribution in [0, 0.1) is 23.2 Å². The molecule has 4 bridgehead atoms. The maximum absolute atomic E-state index is 13.2. The van der Waals surface area contributed by atoms with Gasteiger partial charge in [0.15, 0.2) is 0 Å². The van der Waals surface area contributed by atoms with Gasteiger partial charge in [-0.2, -0.15) is 0 Å². The largest absolute Gasteiger partial charge is 0.378 e. The molecule has 1 saturated heterocycles. The summed E-state index contributed by atoms with van der Waals surface area (Å²) in [6.07, 6.45) is 12.9. The minimum atomic E-state index is 0.0247. The maximum atomic E-state index is 13.2. The summed E-state index contributed by atoms with van der Waals surface area (Å²) in [5.74, 6) is 3.02. The SMILES string of the molecule is CN(CCC1CCCCO1)C(=O)C12CC3CC(CC(C3)C1)C2. The highest BCUT2D eigenvalue weighted by atomic mass is 16.5. The molecule has 0 N–H and O–H groups in total. The molecule has 3 nitrogen and oxygen atoms in total. The second-order valence-electron chi connectivity index (χ2n) is 8.70. The predicted molar refractivity (Wildman–Crippen MR) is 86.5 cm³/mol. The van der Waals surface area contributed by atoms with Crippen LogP contribution in [-0.4, -0.2) is 37.1 Å². The lowest BCUT2D eigenvalue weighted by atomic mass is 9.49. The van der Waals surface area contributed by atoms with Gasteiger partial charge < -0.3 is 9.64 Å². The fourth-order valence-corrected chi connectivity index (χ4v) is 6.25. The Morgan fingerprint density at radius 1 is 1.09 bits per heavy atom. The average molecular weight is 305 g/mol. The molecule has 0 radical (unpaired) electrons. The molecule has 5 fully saturated rings. The molecule has 1 unspecified atom stereocenters. The molecule has 3 heteroatoms. The van der Waals surface area contributed by atoms with Crippen molar-refractivity contribution < 1.29 is 9.53 Å². The second-order valence-corrected chi connectivity index (χ2v) is 8.70. The Morgan fingerprint density at radius 3 is 2.27 bits per heavy atom. The summed E-state index contributed by atoms with van der Waals surface area (Å²) in [7, 11) is 2.03. The molecule has 1 atom stereocenters. The Kier molecular flexibility index (Phi) is 3.96. The zero-order valence-corrected chi connectivity index (χ0v) is 14.1. The van der Waals surface area contributed by atoms with E-state index in [-0.39, 0.29) is 5.41 Å². The van der Waals surface area contributed by atoms with Crippen molar-refractivity contribution in [1.29, 1.82) is 0 Å². The van der Waals surface area contributed by atoms with Gasteiger partial charge in [0, 0.05) is 20.2 Å². The number of carbonyl (C=O) groups excluding carboxylic acids is 1. The van der Waals surface area contributed by atoms with E-state index in [1.54, 1.807) is 0 Å². The first-order chi connectivity index (χ1) is 10.6. The van der Waals surface area contributed by atoms with Gasteiger partial charge in [0.05, 0.1) is 11.5 Å². The van der Waals surface area contributed by atoms with Crippen LogP contribution < -0.4 is 0 Å². The highest BCUT2D eigenvalue weighted by molar-refractivity contribution is 5.83. The summed E-state index contributed by atoms with van der Waals surface area (Å²) in [6, 6.07) is 0. The fourth-order valence-electron chi connectivity index (χ4n) is 6.25. The monoisotopic (exact) mass is 305 g/mol. The van der Waals surface area contributed by atoms with Crippen LogP contribution in [0.5, 0.6) is 0 Å². The van der Waals surface area contributed by atoms with Crippen LogP contribution in [0.2, 0.25) is 0 Å². The van der Waals surface area contributed by atoms with Gasteiger partial charge in [-0.15, -0.1) is 0 Å². The lowest BCUT2D eigenvalue weighted by Crippen LogP contribution is -2.54. The number of hydrogen-bond acceptors (Lipinski definition) is 2. The van der Waals surface area contributed by atoms with Crippen LogP contribution in [0.4, 0.5) is 0 Å². The van der Waals surface area contributed by atoms with Gasteiger partial charge in [-0.25, -0.2) is 0 Å². The molecule has 1 aliphatic heterocycles. The van der Waals surface area contributed by atoms with E-state index in [0.717, 1.165) is 37.3 Å². The van der Waals surface area contributed by atoms with Crippen LogP contribution in [0.25, 0.3) is 0 Å². The molecule has 0 spiro atoms. The minimum Gasteiger partial charge on any atom is -0.378 e. The Labute approximate surface area is 134 Å². The maximum Gasteiger partial charge on any atom is 0.228 e. The molecular weight excluding hydrogens is 274 g/mol. The van der Waals surface area contributed by atoms with Crippen molar-refractivity contribution in [2.24, 2.45) is 23.2 Å². The van der Waals surface area contributed by atoms with Crippen molar-refractivity contribution in [2.45, 2.75) is 70.3 Å². The smallest absolute Gasteiger partial charge is 0.228 e. The summed E-state index contributed by atoms with van der Waals surface area (Å²) < 4.78 is 5.82. The van der Waals surface area contributed by atoms with Crippen LogP contribution in [-0.2, 0) is 9.53 Å². The third-order valence-corrected chi connectivity index (χ3v) is 6.90.